The largest absolute Gasteiger partial charge is 0.351 e. The van der Waals surface area contributed by atoms with E-state index in [1.54, 1.807) is 23.0 Å². The van der Waals surface area contributed by atoms with Gasteiger partial charge in [0.15, 0.2) is 0 Å². The Morgan fingerprint density at radius 2 is 2.35 bits per heavy atom. The van der Waals surface area contributed by atoms with Crippen LogP contribution in [0.25, 0.3) is 0 Å². The van der Waals surface area contributed by atoms with E-state index in [2.05, 4.69) is 24.1 Å². The van der Waals surface area contributed by atoms with E-state index >= 15 is 0 Å². The fourth-order valence-electron chi connectivity index (χ4n) is 1.78. The van der Waals surface area contributed by atoms with Gasteiger partial charge in [0, 0.05) is 17.5 Å². The molecular formula is C12H21N3OS. The Bertz CT molecular complexity index is 325. The summed E-state index contributed by atoms with van der Waals surface area (Å²) in [6.45, 7) is 5.45. The maximum Gasteiger partial charge on any atom is 0.220 e. The zero-order valence-corrected chi connectivity index (χ0v) is 11.3. The van der Waals surface area contributed by atoms with Crippen molar-refractivity contribution in [3.8, 4) is 0 Å². The van der Waals surface area contributed by atoms with E-state index in [4.69, 9.17) is 5.73 Å². The summed E-state index contributed by atoms with van der Waals surface area (Å²) in [4.78, 5) is 16.7. The molecule has 0 aliphatic rings. The van der Waals surface area contributed by atoms with Crippen LogP contribution < -0.4 is 11.1 Å². The Morgan fingerprint density at radius 3 is 2.88 bits per heavy atom. The zero-order valence-electron chi connectivity index (χ0n) is 10.5. The molecule has 1 heterocycles. The van der Waals surface area contributed by atoms with Crippen molar-refractivity contribution < 1.29 is 4.79 Å². The van der Waals surface area contributed by atoms with Crippen molar-refractivity contribution in [3.63, 3.8) is 0 Å². The number of nitrogens with two attached hydrogens (primary N) is 1. The molecule has 3 N–H and O–H groups in total. The maximum absolute atomic E-state index is 11.7. The Balaban J connectivity index is 2.27. The highest BCUT2D eigenvalue weighted by molar-refractivity contribution is 7.09. The van der Waals surface area contributed by atoms with Crippen molar-refractivity contribution in [2.45, 2.75) is 33.2 Å². The smallest absolute Gasteiger partial charge is 0.220 e. The van der Waals surface area contributed by atoms with Gasteiger partial charge in [0.25, 0.3) is 0 Å². The number of nitrogens with one attached hydrogen (secondary N) is 1. The third-order valence-corrected chi connectivity index (χ3v) is 3.34. The van der Waals surface area contributed by atoms with Crippen LogP contribution in [-0.4, -0.2) is 17.4 Å². The number of thiazole rings is 1. The Labute approximate surface area is 107 Å². The number of amides is 1. The average Bonchev–Trinajstić information content (AvgIpc) is 2.77. The van der Waals surface area contributed by atoms with E-state index in [-0.39, 0.29) is 11.8 Å². The monoisotopic (exact) mass is 255 g/mol. The van der Waals surface area contributed by atoms with Gasteiger partial charge in [-0.25, -0.2) is 0 Å². The molecule has 0 unspecified atom stereocenters. The van der Waals surface area contributed by atoms with E-state index in [1.807, 2.05) is 0 Å². The molecule has 96 valence electrons. The molecule has 0 spiro atoms. The average molecular weight is 255 g/mol. The maximum atomic E-state index is 11.7. The molecule has 1 amide bonds. The zero-order chi connectivity index (χ0) is 12.7. The van der Waals surface area contributed by atoms with Crippen LogP contribution in [0, 0.1) is 11.8 Å². The molecule has 1 aromatic heterocycles. The number of carbonyl (C=O) groups is 1. The highest BCUT2D eigenvalue weighted by Gasteiger charge is 2.13. The summed E-state index contributed by atoms with van der Waals surface area (Å²) in [5, 5.41) is 2.90. The topological polar surface area (TPSA) is 68.0 Å². The first-order valence-corrected chi connectivity index (χ1v) is 6.84. The van der Waals surface area contributed by atoms with Gasteiger partial charge in [-0.3, -0.25) is 9.78 Å². The van der Waals surface area contributed by atoms with Gasteiger partial charge in [-0.2, -0.15) is 0 Å². The first-order valence-electron chi connectivity index (χ1n) is 5.96. The minimum absolute atomic E-state index is 0.0782. The Morgan fingerprint density at radius 1 is 1.59 bits per heavy atom. The van der Waals surface area contributed by atoms with Gasteiger partial charge >= 0.3 is 0 Å². The molecule has 17 heavy (non-hydrogen) atoms. The van der Waals surface area contributed by atoms with Gasteiger partial charge in [0.05, 0.1) is 12.1 Å². The normalized spacial score (nSPS) is 12.7. The van der Waals surface area contributed by atoms with Crippen LogP contribution in [0.3, 0.4) is 0 Å². The number of nitrogens with zero attached hydrogens (tertiary/aromatic N) is 1. The SMILES string of the molecule is CC(C)C[C@H](CN)CC(=O)NCc1cncs1. The molecule has 0 bridgehead atoms. The molecule has 0 radical (unpaired) electrons. The third kappa shape index (κ3) is 5.79. The van der Waals surface area contributed by atoms with E-state index in [1.165, 1.54) is 0 Å². The molecule has 1 aromatic rings. The fraction of sp³-hybridized carbons (Fsp3) is 0.667. The Hall–Kier alpha value is -0.940. The number of aromatic nitrogens is 1. The molecule has 0 fully saturated rings. The first kappa shape index (κ1) is 14.1. The molecule has 1 rings (SSSR count). The predicted molar refractivity (Wildman–Crippen MR) is 70.6 cm³/mol. The second kappa shape index (κ2) is 7.40. The number of hydrogen-bond acceptors (Lipinski definition) is 4. The molecule has 0 aliphatic heterocycles. The van der Waals surface area contributed by atoms with Gasteiger partial charge in [-0.15, -0.1) is 11.3 Å². The lowest BCUT2D eigenvalue weighted by Gasteiger charge is -2.16. The van der Waals surface area contributed by atoms with E-state index in [0.717, 1.165) is 11.3 Å². The third-order valence-electron chi connectivity index (χ3n) is 2.56. The van der Waals surface area contributed by atoms with Crippen LogP contribution in [0.1, 0.15) is 31.6 Å². The van der Waals surface area contributed by atoms with Gasteiger partial charge in [0.2, 0.25) is 5.91 Å². The van der Waals surface area contributed by atoms with Crippen LogP contribution in [0.5, 0.6) is 0 Å². The number of hydrogen-bond donors (Lipinski definition) is 2. The van der Waals surface area contributed by atoms with Crippen LogP contribution in [0.2, 0.25) is 0 Å². The highest BCUT2D eigenvalue weighted by Crippen LogP contribution is 2.14. The van der Waals surface area contributed by atoms with Crippen molar-refractivity contribution in [3.05, 3.63) is 16.6 Å². The molecular weight excluding hydrogens is 234 g/mol. The highest BCUT2D eigenvalue weighted by atomic mass is 32.1. The van der Waals surface area contributed by atoms with Gasteiger partial charge in [-0.05, 0) is 24.8 Å². The molecule has 0 saturated carbocycles. The molecule has 1 atom stereocenters. The summed E-state index contributed by atoms with van der Waals surface area (Å²) >= 11 is 1.55. The van der Waals surface area contributed by atoms with Gasteiger partial charge in [-0.1, -0.05) is 13.8 Å². The van der Waals surface area contributed by atoms with Crippen molar-refractivity contribution in [2.24, 2.45) is 17.6 Å². The molecule has 0 aliphatic carbocycles. The minimum atomic E-state index is 0.0782. The van der Waals surface area contributed by atoms with Crippen LogP contribution in [0.15, 0.2) is 11.7 Å². The van der Waals surface area contributed by atoms with E-state index in [9.17, 15) is 4.79 Å². The summed E-state index contributed by atoms with van der Waals surface area (Å²) in [5.41, 5.74) is 7.44. The van der Waals surface area contributed by atoms with Gasteiger partial charge < -0.3 is 11.1 Å². The molecule has 0 aromatic carbocycles. The summed E-state index contributed by atoms with van der Waals surface area (Å²) in [6.07, 6.45) is 3.30. The second-order valence-corrected chi connectivity index (χ2v) is 5.65. The first-order chi connectivity index (χ1) is 8.11. The quantitative estimate of drug-likeness (QED) is 0.780. The Kier molecular flexibility index (Phi) is 6.15. The lowest BCUT2D eigenvalue weighted by Crippen LogP contribution is -2.28. The van der Waals surface area contributed by atoms with Crippen molar-refractivity contribution in [1.29, 1.82) is 0 Å². The fourth-order valence-corrected chi connectivity index (χ4v) is 2.31. The predicted octanol–water partition coefficient (Wildman–Crippen LogP) is 1.77. The molecule has 4 nitrogen and oxygen atoms in total. The standard InChI is InChI=1S/C12H21N3OS/c1-9(2)3-10(5-13)4-12(16)15-7-11-6-14-8-17-11/h6,8-10H,3-5,7,13H2,1-2H3,(H,15,16)/t10-/m0/s1. The van der Waals surface area contributed by atoms with Gasteiger partial charge in [0.1, 0.15) is 0 Å². The number of carbonyl (C=O) groups excluding carboxylic acids is 1. The second-order valence-electron chi connectivity index (χ2n) is 4.68. The summed E-state index contributed by atoms with van der Waals surface area (Å²) in [7, 11) is 0. The summed E-state index contributed by atoms with van der Waals surface area (Å²) in [5.74, 6) is 0.948. The summed E-state index contributed by atoms with van der Waals surface area (Å²) < 4.78 is 0. The molecule has 0 saturated heterocycles. The van der Waals surface area contributed by atoms with Crippen molar-refractivity contribution >= 4 is 17.2 Å². The van der Waals surface area contributed by atoms with Crippen LogP contribution in [0.4, 0.5) is 0 Å². The van der Waals surface area contributed by atoms with E-state index in [0.29, 0.717) is 25.4 Å². The number of rotatable bonds is 7. The minimum Gasteiger partial charge on any atom is -0.351 e. The van der Waals surface area contributed by atoms with Crippen LogP contribution in [-0.2, 0) is 11.3 Å². The van der Waals surface area contributed by atoms with Crippen molar-refractivity contribution in [2.75, 3.05) is 6.54 Å². The van der Waals surface area contributed by atoms with Crippen LogP contribution >= 0.6 is 11.3 Å². The van der Waals surface area contributed by atoms with E-state index < -0.39 is 0 Å². The molecule has 5 heteroatoms. The van der Waals surface area contributed by atoms with Crippen molar-refractivity contribution in [1.82, 2.24) is 10.3 Å². The lowest BCUT2D eigenvalue weighted by atomic mass is 9.94. The summed E-state index contributed by atoms with van der Waals surface area (Å²) in [6, 6.07) is 0. The lowest BCUT2D eigenvalue weighted by molar-refractivity contribution is -0.122.